The zero-order valence-electron chi connectivity index (χ0n) is 9.41. The highest BCUT2D eigenvalue weighted by Crippen LogP contribution is 2.48. The van der Waals surface area contributed by atoms with Crippen LogP contribution in [0.4, 0.5) is 0 Å². The summed E-state index contributed by atoms with van der Waals surface area (Å²) in [5.41, 5.74) is 0. The maximum absolute atomic E-state index is 11.9. The first-order valence-corrected chi connectivity index (χ1v) is 6.35. The molecule has 0 aromatic carbocycles. The number of carbonyl (C=O) groups is 1. The topological polar surface area (TPSA) is 32.3 Å². The molecule has 2 saturated carbocycles. The minimum atomic E-state index is 0.323. The summed E-state index contributed by atoms with van der Waals surface area (Å²) in [7, 11) is 0. The highest BCUT2D eigenvalue weighted by molar-refractivity contribution is 5.81. The Kier molecular flexibility index (Phi) is 2.23. The molecule has 3 fully saturated rings. The molecule has 1 saturated heterocycles. The number of carbonyl (C=O) groups excluding carboxylic acids is 1. The van der Waals surface area contributed by atoms with Gasteiger partial charge in [-0.15, -0.1) is 0 Å². The predicted molar refractivity (Wildman–Crippen MR) is 58.2 cm³/mol. The quantitative estimate of drug-likeness (QED) is 0.756. The summed E-state index contributed by atoms with van der Waals surface area (Å²) in [6.07, 6.45) is 6.76. The zero-order chi connectivity index (χ0) is 10.4. The zero-order valence-corrected chi connectivity index (χ0v) is 9.41. The van der Waals surface area contributed by atoms with Crippen LogP contribution in [-0.4, -0.2) is 29.6 Å². The van der Waals surface area contributed by atoms with Crippen LogP contribution in [0, 0.1) is 11.8 Å². The molecule has 1 unspecified atom stereocenters. The van der Waals surface area contributed by atoms with Gasteiger partial charge in [-0.2, -0.15) is 0 Å². The standard InChI is InChI=1S/C12H20N2O/c1-2-10-13-7-11(15)14(10)12(8-3-4-8)9-5-6-9/h8-10,12-13H,2-7H2,1H3. The third-order valence-electron chi connectivity index (χ3n) is 4.03. The molecule has 1 amide bonds. The van der Waals surface area contributed by atoms with Gasteiger partial charge in [0.15, 0.2) is 0 Å². The van der Waals surface area contributed by atoms with E-state index < -0.39 is 0 Å². The molecule has 1 N–H and O–H groups in total. The van der Waals surface area contributed by atoms with Gasteiger partial charge in [0, 0.05) is 6.04 Å². The van der Waals surface area contributed by atoms with Crippen molar-refractivity contribution in [1.29, 1.82) is 0 Å². The Hall–Kier alpha value is -0.570. The fourth-order valence-corrected chi connectivity index (χ4v) is 3.00. The lowest BCUT2D eigenvalue weighted by molar-refractivity contribution is -0.131. The average molecular weight is 208 g/mol. The van der Waals surface area contributed by atoms with Crippen LogP contribution in [0.5, 0.6) is 0 Å². The molecule has 3 nitrogen and oxygen atoms in total. The first kappa shape index (κ1) is 9.64. The van der Waals surface area contributed by atoms with Crippen molar-refractivity contribution in [2.75, 3.05) is 6.54 Å². The Balaban J connectivity index is 1.78. The Bertz CT molecular complexity index is 259. The third kappa shape index (κ3) is 1.67. The number of hydrogen-bond donors (Lipinski definition) is 1. The second kappa shape index (κ2) is 3.48. The van der Waals surface area contributed by atoms with Crippen LogP contribution < -0.4 is 5.32 Å². The minimum Gasteiger partial charge on any atom is -0.323 e. The molecule has 1 atom stereocenters. The Labute approximate surface area is 91.2 Å². The SMILES string of the molecule is CCC1NCC(=O)N1C(C1CC1)C1CC1. The van der Waals surface area contributed by atoms with E-state index in [-0.39, 0.29) is 0 Å². The largest absolute Gasteiger partial charge is 0.323 e. The monoisotopic (exact) mass is 208 g/mol. The van der Waals surface area contributed by atoms with Crippen LogP contribution in [0.15, 0.2) is 0 Å². The number of hydrogen-bond acceptors (Lipinski definition) is 2. The van der Waals surface area contributed by atoms with Crippen LogP contribution in [-0.2, 0) is 4.79 Å². The summed E-state index contributed by atoms with van der Waals surface area (Å²) in [4.78, 5) is 14.1. The molecule has 1 aliphatic heterocycles. The second-order valence-electron chi connectivity index (χ2n) is 5.27. The third-order valence-corrected chi connectivity index (χ3v) is 4.03. The molecule has 1 heterocycles. The highest BCUT2D eigenvalue weighted by atomic mass is 16.2. The van der Waals surface area contributed by atoms with E-state index in [1.54, 1.807) is 0 Å². The fourth-order valence-electron chi connectivity index (χ4n) is 3.00. The van der Waals surface area contributed by atoms with E-state index in [0.29, 0.717) is 24.7 Å². The first-order valence-electron chi connectivity index (χ1n) is 6.35. The van der Waals surface area contributed by atoms with Gasteiger partial charge in [0.05, 0.1) is 12.7 Å². The molecular weight excluding hydrogens is 188 g/mol. The first-order chi connectivity index (χ1) is 7.31. The number of nitrogens with zero attached hydrogens (tertiary/aromatic N) is 1. The van der Waals surface area contributed by atoms with Crippen molar-refractivity contribution in [3.63, 3.8) is 0 Å². The van der Waals surface area contributed by atoms with Crippen molar-refractivity contribution >= 4 is 5.91 Å². The van der Waals surface area contributed by atoms with Crippen LogP contribution >= 0.6 is 0 Å². The summed E-state index contributed by atoms with van der Waals surface area (Å²) in [6.45, 7) is 2.73. The summed E-state index contributed by atoms with van der Waals surface area (Å²) < 4.78 is 0. The molecule has 0 aromatic heterocycles. The lowest BCUT2D eigenvalue weighted by Crippen LogP contribution is -2.46. The fraction of sp³-hybridized carbons (Fsp3) is 0.917. The summed E-state index contributed by atoms with van der Waals surface area (Å²) >= 11 is 0. The van der Waals surface area contributed by atoms with Gasteiger partial charge in [0.2, 0.25) is 5.91 Å². The normalized spacial score (nSPS) is 31.7. The van der Waals surface area contributed by atoms with Gasteiger partial charge in [-0.25, -0.2) is 0 Å². The molecule has 84 valence electrons. The Morgan fingerprint density at radius 1 is 1.33 bits per heavy atom. The summed E-state index contributed by atoms with van der Waals surface area (Å²) in [5.74, 6) is 2.00. The van der Waals surface area contributed by atoms with E-state index in [2.05, 4.69) is 17.1 Å². The van der Waals surface area contributed by atoms with E-state index in [1.165, 1.54) is 25.7 Å². The molecule has 0 aromatic rings. The van der Waals surface area contributed by atoms with Gasteiger partial charge >= 0.3 is 0 Å². The van der Waals surface area contributed by atoms with Gasteiger partial charge < -0.3 is 4.90 Å². The lowest BCUT2D eigenvalue weighted by atomic mass is 10.0. The van der Waals surface area contributed by atoms with Crippen LogP contribution in [0.1, 0.15) is 39.0 Å². The van der Waals surface area contributed by atoms with Gasteiger partial charge in [0.25, 0.3) is 0 Å². The summed E-state index contributed by atoms with van der Waals surface area (Å²) in [6, 6.07) is 0.581. The number of nitrogens with one attached hydrogen (secondary N) is 1. The second-order valence-corrected chi connectivity index (χ2v) is 5.27. The van der Waals surface area contributed by atoms with Crippen LogP contribution in [0.25, 0.3) is 0 Å². The van der Waals surface area contributed by atoms with Crippen molar-refractivity contribution < 1.29 is 4.79 Å². The molecule has 0 spiro atoms. The van der Waals surface area contributed by atoms with Gasteiger partial charge in [0.1, 0.15) is 0 Å². The minimum absolute atomic E-state index is 0.323. The van der Waals surface area contributed by atoms with Crippen molar-refractivity contribution in [3.05, 3.63) is 0 Å². The predicted octanol–water partition coefficient (Wildman–Crippen LogP) is 1.34. The smallest absolute Gasteiger partial charge is 0.238 e. The van der Waals surface area contributed by atoms with E-state index in [9.17, 15) is 4.79 Å². The average Bonchev–Trinajstić information content (AvgIpc) is 3.10. The van der Waals surface area contributed by atoms with Gasteiger partial charge in [-0.1, -0.05) is 6.92 Å². The van der Waals surface area contributed by atoms with E-state index in [0.717, 1.165) is 18.3 Å². The molecule has 0 bridgehead atoms. The van der Waals surface area contributed by atoms with Crippen molar-refractivity contribution in [2.24, 2.45) is 11.8 Å². The van der Waals surface area contributed by atoms with Crippen LogP contribution in [0.3, 0.4) is 0 Å². The summed E-state index contributed by atoms with van der Waals surface area (Å²) in [5, 5.41) is 3.33. The number of amides is 1. The van der Waals surface area contributed by atoms with E-state index in [4.69, 9.17) is 0 Å². The van der Waals surface area contributed by atoms with Crippen molar-refractivity contribution in [1.82, 2.24) is 10.2 Å². The molecule has 15 heavy (non-hydrogen) atoms. The Morgan fingerprint density at radius 3 is 2.40 bits per heavy atom. The van der Waals surface area contributed by atoms with Gasteiger partial charge in [-0.05, 0) is 43.9 Å². The molecular formula is C12H20N2O. The lowest BCUT2D eigenvalue weighted by Gasteiger charge is -2.32. The van der Waals surface area contributed by atoms with E-state index in [1.807, 2.05) is 0 Å². The number of rotatable bonds is 4. The molecule has 2 aliphatic carbocycles. The molecule has 3 aliphatic rings. The van der Waals surface area contributed by atoms with Crippen LogP contribution in [0.2, 0.25) is 0 Å². The molecule has 3 heteroatoms. The highest BCUT2D eigenvalue weighted by Gasteiger charge is 2.49. The maximum Gasteiger partial charge on any atom is 0.238 e. The molecule has 0 radical (unpaired) electrons. The van der Waals surface area contributed by atoms with E-state index >= 15 is 0 Å². The van der Waals surface area contributed by atoms with Crippen molar-refractivity contribution in [2.45, 2.75) is 51.2 Å². The Morgan fingerprint density at radius 2 is 1.93 bits per heavy atom. The molecule has 3 rings (SSSR count). The van der Waals surface area contributed by atoms with Crippen molar-refractivity contribution in [3.8, 4) is 0 Å². The maximum atomic E-state index is 11.9. The van der Waals surface area contributed by atoms with Gasteiger partial charge in [-0.3, -0.25) is 10.1 Å².